The van der Waals surface area contributed by atoms with Gasteiger partial charge in [-0.2, -0.15) is 5.26 Å². The Hall–Kier alpha value is -2.95. The van der Waals surface area contributed by atoms with Gasteiger partial charge in [0.15, 0.2) is 0 Å². The fourth-order valence-electron chi connectivity index (χ4n) is 3.73. The fourth-order valence-corrected chi connectivity index (χ4v) is 4.50. The van der Waals surface area contributed by atoms with Gasteiger partial charge in [-0.15, -0.1) is 11.3 Å². The summed E-state index contributed by atoms with van der Waals surface area (Å²) in [7, 11) is 0. The number of amides is 2. The molecule has 0 radical (unpaired) electrons. The molecule has 3 heterocycles. The number of hydrogen-bond acceptors (Lipinski definition) is 6. The summed E-state index contributed by atoms with van der Waals surface area (Å²) in [6, 6.07) is 12.3. The molecule has 142 valence electrons. The highest BCUT2D eigenvalue weighted by atomic mass is 32.1. The highest BCUT2D eigenvalue weighted by Crippen LogP contribution is 2.37. The van der Waals surface area contributed by atoms with Crippen molar-refractivity contribution in [2.24, 2.45) is 0 Å². The number of nitriles is 1. The van der Waals surface area contributed by atoms with Crippen LogP contribution in [0.5, 0.6) is 0 Å². The van der Waals surface area contributed by atoms with Crippen molar-refractivity contribution in [3.8, 4) is 6.07 Å². The normalized spacial score (nSPS) is 22.8. The van der Waals surface area contributed by atoms with Gasteiger partial charge in [-0.25, -0.2) is 4.90 Å². The van der Waals surface area contributed by atoms with E-state index < -0.39 is 0 Å². The first-order chi connectivity index (χ1) is 13.5. The van der Waals surface area contributed by atoms with Crippen molar-refractivity contribution in [1.29, 1.82) is 5.26 Å². The zero-order valence-electron chi connectivity index (χ0n) is 15.6. The van der Waals surface area contributed by atoms with Crippen molar-refractivity contribution in [3.05, 3.63) is 57.9 Å². The monoisotopic (exact) mass is 393 g/mol. The number of thiophene rings is 1. The summed E-state index contributed by atoms with van der Waals surface area (Å²) in [5, 5.41) is 10.9. The fraction of sp³-hybridized carbons (Fsp3) is 0.286. The number of benzene rings is 1. The Kier molecular flexibility index (Phi) is 4.75. The van der Waals surface area contributed by atoms with Crippen LogP contribution in [0.3, 0.4) is 0 Å². The third-order valence-electron chi connectivity index (χ3n) is 4.82. The summed E-state index contributed by atoms with van der Waals surface area (Å²) < 4.78 is 5.80. The van der Waals surface area contributed by atoms with E-state index in [-0.39, 0.29) is 24.0 Å². The molecule has 2 aromatic rings. The Morgan fingerprint density at radius 2 is 1.75 bits per heavy atom. The van der Waals surface area contributed by atoms with E-state index in [0.29, 0.717) is 35.6 Å². The minimum absolute atomic E-state index is 0.0345. The number of morpholine rings is 1. The van der Waals surface area contributed by atoms with E-state index in [1.165, 1.54) is 16.2 Å². The Labute approximate surface area is 167 Å². The molecule has 1 aromatic carbocycles. The zero-order valence-corrected chi connectivity index (χ0v) is 16.4. The Balaban J connectivity index is 1.79. The predicted molar refractivity (Wildman–Crippen MR) is 106 cm³/mol. The van der Waals surface area contributed by atoms with Gasteiger partial charge in [-0.1, -0.05) is 6.07 Å². The summed E-state index contributed by atoms with van der Waals surface area (Å²) >= 11 is 1.44. The van der Waals surface area contributed by atoms with Crippen LogP contribution in [-0.2, 0) is 14.3 Å². The quantitative estimate of drug-likeness (QED) is 0.750. The van der Waals surface area contributed by atoms with Crippen molar-refractivity contribution in [2.75, 3.05) is 18.0 Å². The van der Waals surface area contributed by atoms with Gasteiger partial charge < -0.3 is 9.64 Å². The van der Waals surface area contributed by atoms with Crippen LogP contribution in [0, 0.1) is 11.3 Å². The first-order valence-electron chi connectivity index (χ1n) is 9.07. The largest absolute Gasteiger partial charge is 0.372 e. The summed E-state index contributed by atoms with van der Waals surface area (Å²) in [5.41, 5.74) is 1.81. The molecule has 1 fully saturated rings. The van der Waals surface area contributed by atoms with E-state index in [4.69, 9.17) is 10.00 Å². The Bertz CT molecular complexity index is 979. The van der Waals surface area contributed by atoms with Crippen molar-refractivity contribution in [1.82, 2.24) is 4.90 Å². The number of nitrogens with zero attached hydrogens (tertiary/aromatic N) is 3. The van der Waals surface area contributed by atoms with E-state index in [2.05, 4.69) is 0 Å². The third-order valence-corrected chi connectivity index (χ3v) is 5.70. The minimum Gasteiger partial charge on any atom is -0.372 e. The molecule has 1 saturated heterocycles. The van der Waals surface area contributed by atoms with E-state index in [1.807, 2.05) is 42.3 Å². The highest BCUT2D eigenvalue weighted by molar-refractivity contribution is 7.11. The molecule has 2 aliphatic heterocycles. The molecule has 2 aliphatic rings. The number of imide groups is 1. The molecule has 28 heavy (non-hydrogen) atoms. The lowest BCUT2D eigenvalue weighted by Gasteiger charge is -2.37. The molecule has 7 heteroatoms. The second-order valence-corrected chi connectivity index (χ2v) is 7.92. The second kappa shape index (κ2) is 7.23. The van der Waals surface area contributed by atoms with E-state index in [9.17, 15) is 9.59 Å². The number of ether oxygens (including phenoxy) is 1. The predicted octanol–water partition coefficient (Wildman–Crippen LogP) is 3.01. The van der Waals surface area contributed by atoms with Crippen LogP contribution in [0.15, 0.2) is 47.5 Å². The lowest BCUT2D eigenvalue weighted by Crippen LogP contribution is -2.47. The van der Waals surface area contributed by atoms with Crippen LogP contribution < -0.4 is 4.90 Å². The van der Waals surface area contributed by atoms with Gasteiger partial charge in [0.05, 0.1) is 35.1 Å². The average Bonchev–Trinajstić information content (AvgIpc) is 3.27. The molecule has 0 aliphatic carbocycles. The molecule has 2 amide bonds. The molecule has 0 spiro atoms. The SMILES string of the molecule is CC1CN(C2=C(c3cccs3)C(=O)N(c3ccc(C#N)cc3)C2=O)CC(C)O1. The number of anilines is 1. The molecular formula is C21H19N3O3S. The number of carbonyl (C=O) groups excluding carboxylic acids is 2. The van der Waals surface area contributed by atoms with Gasteiger partial charge in [0, 0.05) is 18.0 Å². The maximum atomic E-state index is 13.4. The van der Waals surface area contributed by atoms with Crippen molar-refractivity contribution >= 4 is 34.4 Å². The average molecular weight is 393 g/mol. The second-order valence-electron chi connectivity index (χ2n) is 6.97. The van der Waals surface area contributed by atoms with E-state index >= 15 is 0 Å². The van der Waals surface area contributed by atoms with Gasteiger partial charge in [-0.05, 0) is 49.6 Å². The third kappa shape index (κ3) is 3.11. The van der Waals surface area contributed by atoms with Crippen LogP contribution >= 0.6 is 11.3 Å². The molecule has 0 saturated carbocycles. The maximum Gasteiger partial charge on any atom is 0.282 e. The minimum atomic E-state index is -0.334. The van der Waals surface area contributed by atoms with Gasteiger partial charge in [0.1, 0.15) is 5.70 Å². The lowest BCUT2D eigenvalue weighted by atomic mass is 10.1. The maximum absolute atomic E-state index is 13.4. The highest BCUT2D eigenvalue weighted by Gasteiger charge is 2.44. The summed E-state index contributed by atoms with van der Waals surface area (Å²) in [6.07, 6.45) is -0.0691. The molecule has 0 bridgehead atoms. The first kappa shape index (κ1) is 18.4. The molecule has 2 unspecified atom stereocenters. The first-order valence-corrected chi connectivity index (χ1v) is 9.95. The summed E-state index contributed by atoms with van der Waals surface area (Å²) in [4.78, 5) is 30.7. The van der Waals surface area contributed by atoms with E-state index in [1.54, 1.807) is 24.3 Å². The van der Waals surface area contributed by atoms with Crippen LogP contribution in [0.25, 0.3) is 5.57 Å². The molecule has 2 atom stereocenters. The zero-order chi connectivity index (χ0) is 19.8. The van der Waals surface area contributed by atoms with Crippen LogP contribution in [0.4, 0.5) is 5.69 Å². The van der Waals surface area contributed by atoms with Crippen LogP contribution in [-0.4, -0.2) is 42.0 Å². The summed E-state index contributed by atoms with van der Waals surface area (Å²) in [6.45, 7) is 5.03. The topological polar surface area (TPSA) is 73.6 Å². The van der Waals surface area contributed by atoms with Crippen LogP contribution in [0.2, 0.25) is 0 Å². The smallest absolute Gasteiger partial charge is 0.282 e. The molecule has 6 nitrogen and oxygen atoms in total. The molecule has 4 rings (SSSR count). The van der Waals surface area contributed by atoms with Gasteiger partial charge in [-0.3, -0.25) is 9.59 Å². The van der Waals surface area contributed by atoms with Crippen LogP contribution in [0.1, 0.15) is 24.3 Å². The molecule has 1 aromatic heterocycles. The molecule has 0 N–H and O–H groups in total. The number of hydrogen-bond donors (Lipinski definition) is 0. The van der Waals surface area contributed by atoms with Crippen molar-refractivity contribution in [3.63, 3.8) is 0 Å². The molecular weight excluding hydrogens is 374 g/mol. The van der Waals surface area contributed by atoms with Crippen molar-refractivity contribution in [2.45, 2.75) is 26.1 Å². The summed E-state index contributed by atoms with van der Waals surface area (Å²) in [5.74, 6) is -0.668. The van der Waals surface area contributed by atoms with Gasteiger partial charge >= 0.3 is 0 Å². The Morgan fingerprint density at radius 3 is 2.32 bits per heavy atom. The standard InChI is InChI=1S/C21H19N3O3S/c1-13-11-23(12-14(2)27-13)19-18(17-4-3-9-28-17)20(25)24(21(19)26)16-7-5-15(10-22)6-8-16/h3-9,13-14H,11-12H2,1-2H3. The van der Waals surface area contributed by atoms with E-state index in [0.717, 1.165) is 4.88 Å². The van der Waals surface area contributed by atoms with Crippen molar-refractivity contribution < 1.29 is 14.3 Å². The van der Waals surface area contributed by atoms with Gasteiger partial charge in [0.2, 0.25) is 0 Å². The van der Waals surface area contributed by atoms with Gasteiger partial charge in [0.25, 0.3) is 11.8 Å². The number of carbonyl (C=O) groups is 2. The Morgan fingerprint density at radius 1 is 1.07 bits per heavy atom. The lowest BCUT2D eigenvalue weighted by molar-refractivity contribution is -0.121. The number of rotatable bonds is 3.